The maximum absolute atomic E-state index is 11.8. The van der Waals surface area contributed by atoms with E-state index in [9.17, 15) is 13.2 Å². The van der Waals surface area contributed by atoms with Gasteiger partial charge in [-0.05, 0) is 38.5 Å². The van der Waals surface area contributed by atoms with Crippen molar-refractivity contribution in [2.24, 2.45) is 0 Å². The molecule has 0 aliphatic rings. The summed E-state index contributed by atoms with van der Waals surface area (Å²) in [6.07, 6.45) is -1.48. The molecule has 0 aliphatic carbocycles. The third-order valence-electron chi connectivity index (χ3n) is 2.13. The second kappa shape index (κ2) is 6.31. The van der Waals surface area contributed by atoms with E-state index in [0.29, 0.717) is 5.56 Å². The first-order chi connectivity index (χ1) is 9.10. The number of aryl methyl sites for hydroxylation is 1. The van der Waals surface area contributed by atoms with Crippen LogP contribution < -0.4 is 15.2 Å². The van der Waals surface area contributed by atoms with Crippen LogP contribution in [0.5, 0.6) is 0 Å². The van der Waals surface area contributed by atoms with Crippen LogP contribution in [-0.2, 0) is 14.9 Å². The van der Waals surface area contributed by atoms with Crippen LogP contribution in [-0.4, -0.2) is 20.6 Å². The minimum atomic E-state index is -4.11. The summed E-state index contributed by atoms with van der Waals surface area (Å²) >= 11 is 3.25. The van der Waals surface area contributed by atoms with Gasteiger partial charge in [-0.15, -0.1) is 0 Å². The second-order valence-electron chi connectivity index (χ2n) is 4.35. The maximum atomic E-state index is 11.8. The average Bonchev–Trinajstić information content (AvgIpc) is 2.21. The van der Waals surface area contributed by atoms with Crippen molar-refractivity contribution in [2.75, 3.05) is 10.5 Å². The van der Waals surface area contributed by atoms with E-state index in [1.54, 1.807) is 37.6 Å². The zero-order valence-corrected chi connectivity index (χ0v) is 13.6. The summed E-state index contributed by atoms with van der Waals surface area (Å²) < 4.78 is 32.9. The largest absolute Gasteiger partial charge is 0.446 e. The van der Waals surface area contributed by atoms with Crippen LogP contribution in [0.2, 0.25) is 0 Å². The van der Waals surface area contributed by atoms with E-state index >= 15 is 0 Å². The van der Waals surface area contributed by atoms with E-state index in [4.69, 9.17) is 10.5 Å². The average molecular weight is 366 g/mol. The Balaban J connectivity index is 2.90. The lowest BCUT2D eigenvalue weighted by Gasteiger charge is -2.14. The predicted octanol–water partition coefficient (Wildman–Crippen LogP) is 2.13. The van der Waals surface area contributed by atoms with Crippen LogP contribution in [0.4, 0.5) is 16.2 Å². The molecule has 1 aromatic carbocycles. The number of halogens is 1. The SMILES string of the molecule is Cc1cc(Br)cc(N)c1NS(=O)(=O)NC(=O)OC(C)C. The van der Waals surface area contributed by atoms with Gasteiger partial charge in [0.15, 0.2) is 0 Å². The minimum Gasteiger partial charge on any atom is -0.446 e. The summed E-state index contributed by atoms with van der Waals surface area (Å²) in [5, 5.41) is 0. The molecule has 20 heavy (non-hydrogen) atoms. The highest BCUT2D eigenvalue weighted by atomic mass is 79.9. The molecule has 0 spiro atoms. The van der Waals surface area contributed by atoms with Crippen LogP contribution in [0.1, 0.15) is 19.4 Å². The highest BCUT2D eigenvalue weighted by Crippen LogP contribution is 2.28. The van der Waals surface area contributed by atoms with Crippen molar-refractivity contribution in [2.45, 2.75) is 26.9 Å². The molecule has 0 unspecified atom stereocenters. The highest BCUT2D eigenvalue weighted by molar-refractivity contribution is 9.10. The van der Waals surface area contributed by atoms with Gasteiger partial charge >= 0.3 is 16.3 Å². The van der Waals surface area contributed by atoms with Crippen LogP contribution >= 0.6 is 15.9 Å². The molecule has 112 valence electrons. The zero-order valence-electron chi connectivity index (χ0n) is 11.2. The number of rotatable bonds is 4. The number of hydrogen-bond acceptors (Lipinski definition) is 5. The lowest BCUT2D eigenvalue weighted by atomic mass is 10.2. The Hall–Kier alpha value is -1.48. The number of carbonyl (C=O) groups is 1. The van der Waals surface area contributed by atoms with Crippen LogP contribution in [0.15, 0.2) is 16.6 Å². The fourth-order valence-corrected chi connectivity index (χ4v) is 2.87. The lowest BCUT2D eigenvalue weighted by molar-refractivity contribution is 0.121. The van der Waals surface area contributed by atoms with Gasteiger partial charge < -0.3 is 10.5 Å². The Morgan fingerprint density at radius 3 is 2.50 bits per heavy atom. The van der Waals surface area contributed by atoms with E-state index in [-0.39, 0.29) is 11.4 Å². The number of nitrogens with one attached hydrogen (secondary N) is 2. The Kier molecular flexibility index (Phi) is 5.23. The van der Waals surface area contributed by atoms with Gasteiger partial charge in [0.2, 0.25) is 0 Å². The summed E-state index contributed by atoms with van der Waals surface area (Å²) in [4.78, 5) is 11.3. The fourth-order valence-electron chi connectivity index (χ4n) is 1.42. The van der Waals surface area contributed by atoms with Gasteiger partial charge in [0.05, 0.1) is 17.5 Å². The molecular formula is C11H16BrN3O4S. The smallest absolute Gasteiger partial charge is 0.422 e. The van der Waals surface area contributed by atoms with Gasteiger partial charge in [-0.1, -0.05) is 15.9 Å². The quantitative estimate of drug-likeness (QED) is 0.707. The van der Waals surface area contributed by atoms with Crippen molar-refractivity contribution in [1.29, 1.82) is 0 Å². The highest BCUT2D eigenvalue weighted by Gasteiger charge is 2.18. The number of amides is 1. The molecule has 0 fully saturated rings. The Morgan fingerprint density at radius 1 is 1.40 bits per heavy atom. The molecule has 1 amide bonds. The molecule has 9 heteroatoms. The number of nitrogen functional groups attached to an aromatic ring is 1. The third-order valence-corrected chi connectivity index (χ3v) is 3.49. The topological polar surface area (TPSA) is 111 Å². The van der Waals surface area contributed by atoms with Crippen LogP contribution in [0.3, 0.4) is 0 Å². The number of ether oxygens (including phenoxy) is 1. The van der Waals surface area contributed by atoms with Crippen molar-refractivity contribution >= 4 is 43.6 Å². The van der Waals surface area contributed by atoms with Gasteiger partial charge in [0.1, 0.15) is 0 Å². The van der Waals surface area contributed by atoms with Crippen LogP contribution in [0, 0.1) is 6.92 Å². The van der Waals surface area contributed by atoms with Crippen molar-refractivity contribution in [3.05, 3.63) is 22.2 Å². The number of anilines is 2. The molecule has 0 saturated carbocycles. The van der Waals surface area contributed by atoms with E-state index in [0.717, 1.165) is 4.47 Å². The van der Waals surface area contributed by atoms with Crippen molar-refractivity contribution < 1.29 is 17.9 Å². The molecule has 1 rings (SSSR count). The monoisotopic (exact) mass is 365 g/mol. The van der Waals surface area contributed by atoms with Gasteiger partial charge in [-0.25, -0.2) is 9.52 Å². The lowest BCUT2D eigenvalue weighted by Crippen LogP contribution is -2.37. The summed E-state index contributed by atoms with van der Waals surface area (Å²) in [5.74, 6) is 0. The van der Waals surface area contributed by atoms with E-state index in [2.05, 4.69) is 20.7 Å². The summed E-state index contributed by atoms with van der Waals surface area (Å²) in [6, 6.07) is 3.25. The summed E-state index contributed by atoms with van der Waals surface area (Å²) in [5.41, 5.74) is 6.79. The Labute approximate surface area is 126 Å². The molecule has 0 aromatic heterocycles. The molecule has 4 N–H and O–H groups in total. The number of nitrogens with two attached hydrogens (primary N) is 1. The van der Waals surface area contributed by atoms with E-state index in [1.807, 2.05) is 0 Å². The van der Waals surface area contributed by atoms with Gasteiger partial charge in [-0.2, -0.15) is 8.42 Å². The van der Waals surface area contributed by atoms with E-state index in [1.165, 1.54) is 0 Å². The Morgan fingerprint density at radius 2 is 2.00 bits per heavy atom. The number of benzene rings is 1. The minimum absolute atomic E-state index is 0.207. The van der Waals surface area contributed by atoms with E-state index < -0.39 is 22.4 Å². The van der Waals surface area contributed by atoms with Crippen molar-refractivity contribution in [3.8, 4) is 0 Å². The van der Waals surface area contributed by atoms with Crippen molar-refractivity contribution in [3.63, 3.8) is 0 Å². The molecule has 1 aromatic rings. The first-order valence-electron chi connectivity index (χ1n) is 5.67. The first kappa shape index (κ1) is 16.6. The van der Waals surface area contributed by atoms with Gasteiger partial charge in [0.25, 0.3) is 0 Å². The molecule has 0 radical (unpaired) electrons. The molecule has 0 atom stereocenters. The first-order valence-corrected chi connectivity index (χ1v) is 7.95. The normalized spacial score (nSPS) is 11.2. The third kappa shape index (κ3) is 4.89. The number of hydrogen-bond donors (Lipinski definition) is 3. The van der Waals surface area contributed by atoms with Crippen LogP contribution in [0.25, 0.3) is 0 Å². The molecule has 0 saturated heterocycles. The zero-order chi connectivity index (χ0) is 15.5. The summed E-state index contributed by atoms with van der Waals surface area (Å²) in [7, 11) is -4.11. The number of carbonyl (C=O) groups excluding carboxylic acids is 1. The molecule has 7 nitrogen and oxygen atoms in total. The standard InChI is InChI=1S/C11H16BrN3O4S/c1-6(2)19-11(16)15-20(17,18)14-10-7(3)4-8(12)5-9(10)13/h4-6,14H,13H2,1-3H3,(H,15,16). The van der Waals surface area contributed by atoms with Gasteiger partial charge in [-0.3, -0.25) is 4.72 Å². The maximum Gasteiger partial charge on any atom is 0.422 e. The predicted molar refractivity (Wildman–Crippen MR) is 80.6 cm³/mol. The molecular weight excluding hydrogens is 350 g/mol. The Bertz CT molecular complexity index is 593. The molecule has 0 heterocycles. The van der Waals surface area contributed by atoms with Gasteiger partial charge in [0, 0.05) is 4.47 Å². The fraction of sp³-hybridized carbons (Fsp3) is 0.364. The molecule has 0 aliphatic heterocycles. The molecule has 0 bridgehead atoms. The second-order valence-corrected chi connectivity index (χ2v) is 6.68. The summed E-state index contributed by atoms with van der Waals surface area (Å²) in [6.45, 7) is 4.90. The van der Waals surface area contributed by atoms with Crippen molar-refractivity contribution in [1.82, 2.24) is 4.72 Å².